The maximum Gasteiger partial charge on any atom is 0.141 e. The summed E-state index contributed by atoms with van der Waals surface area (Å²) in [5.41, 5.74) is 1.81. The van der Waals surface area contributed by atoms with E-state index < -0.39 is 0 Å². The third-order valence-electron chi connectivity index (χ3n) is 3.92. The number of hydrogen-bond acceptors (Lipinski definition) is 3. The number of benzene rings is 1. The molecule has 0 amide bonds. The van der Waals surface area contributed by atoms with Crippen LogP contribution in [0.15, 0.2) is 36.7 Å². The van der Waals surface area contributed by atoms with E-state index in [0.29, 0.717) is 10.8 Å². The van der Waals surface area contributed by atoms with Gasteiger partial charge >= 0.3 is 0 Å². The van der Waals surface area contributed by atoms with Crippen molar-refractivity contribution in [3.05, 3.63) is 58.6 Å². The Morgan fingerprint density at radius 2 is 2.23 bits per heavy atom. The SMILES string of the molecule is Cc1ccc(O[C@@H](c2cncc(F)c2)[C@H]2CCNC2)c(Cl)c1. The average Bonchev–Trinajstić information content (AvgIpc) is 3.00. The van der Waals surface area contributed by atoms with Crippen LogP contribution in [0.1, 0.15) is 23.7 Å². The van der Waals surface area contributed by atoms with Gasteiger partial charge in [0.25, 0.3) is 0 Å². The van der Waals surface area contributed by atoms with Crippen LogP contribution in [0.5, 0.6) is 5.75 Å². The lowest BCUT2D eigenvalue weighted by Gasteiger charge is -2.25. The van der Waals surface area contributed by atoms with E-state index in [2.05, 4.69) is 10.3 Å². The molecular formula is C17H18ClFN2O. The van der Waals surface area contributed by atoms with E-state index in [1.165, 1.54) is 12.3 Å². The highest BCUT2D eigenvalue weighted by Gasteiger charge is 2.29. The molecule has 1 aromatic heterocycles. The summed E-state index contributed by atoms with van der Waals surface area (Å²) in [7, 11) is 0. The van der Waals surface area contributed by atoms with Gasteiger partial charge in [0.1, 0.15) is 17.7 Å². The van der Waals surface area contributed by atoms with E-state index in [1.807, 2.05) is 25.1 Å². The van der Waals surface area contributed by atoms with Crippen LogP contribution in [0.3, 0.4) is 0 Å². The number of ether oxygens (including phenoxy) is 1. The number of aromatic nitrogens is 1. The molecule has 116 valence electrons. The highest BCUT2D eigenvalue weighted by atomic mass is 35.5. The molecule has 1 aromatic carbocycles. The van der Waals surface area contributed by atoms with Gasteiger partial charge in [0, 0.05) is 24.2 Å². The number of halogens is 2. The molecule has 2 atom stereocenters. The molecule has 2 aromatic rings. The zero-order chi connectivity index (χ0) is 15.5. The maximum absolute atomic E-state index is 13.5. The Labute approximate surface area is 134 Å². The number of hydrogen-bond donors (Lipinski definition) is 1. The number of nitrogens with zero attached hydrogens (tertiary/aromatic N) is 1. The molecule has 2 heterocycles. The summed E-state index contributed by atoms with van der Waals surface area (Å²) in [4.78, 5) is 3.95. The van der Waals surface area contributed by atoms with Crippen LogP contribution in [-0.4, -0.2) is 18.1 Å². The number of rotatable bonds is 4. The number of aryl methyl sites for hydroxylation is 1. The highest BCUT2D eigenvalue weighted by molar-refractivity contribution is 6.32. The van der Waals surface area contributed by atoms with Crippen LogP contribution in [-0.2, 0) is 0 Å². The fraction of sp³-hybridized carbons (Fsp3) is 0.353. The normalized spacial score (nSPS) is 19.1. The zero-order valence-corrected chi connectivity index (χ0v) is 13.1. The van der Waals surface area contributed by atoms with Crippen LogP contribution in [0.2, 0.25) is 5.02 Å². The summed E-state index contributed by atoms with van der Waals surface area (Å²) in [6.45, 7) is 3.75. The van der Waals surface area contributed by atoms with Crippen molar-refractivity contribution in [1.29, 1.82) is 0 Å². The molecule has 0 bridgehead atoms. The molecule has 1 aliphatic rings. The average molecular weight is 321 g/mol. The first-order valence-electron chi connectivity index (χ1n) is 7.37. The van der Waals surface area contributed by atoms with E-state index in [1.54, 1.807) is 6.20 Å². The lowest BCUT2D eigenvalue weighted by Crippen LogP contribution is -2.22. The fourth-order valence-electron chi connectivity index (χ4n) is 2.79. The van der Waals surface area contributed by atoms with Crippen LogP contribution < -0.4 is 10.1 Å². The summed E-state index contributed by atoms with van der Waals surface area (Å²) >= 11 is 6.27. The first-order valence-corrected chi connectivity index (χ1v) is 7.75. The first kappa shape index (κ1) is 15.3. The van der Waals surface area contributed by atoms with Crippen LogP contribution in [0, 0.1) is 18.7 Å². The highest BCUT2D eigenvalue weighted by Crippen LogP contribution is 2.35. The second-order valence-corrected chi connectivity index (χ2v) is 6.07. The van der Waals surface area contributed by atoms with Crippen molar-refractivity contribution in [2.45, 2.75) is 19.4 Å². The van der Waals surface area contributed by atoms with Gasteiger partial charge in [-0.2, -0.15) is 0 Å². The van der Waals surface area contributed by atoms with Gasteiger partial charge in [0.15, 0.2) is 0 Å². The molecule has 1 fully saturated rings. The maximum atomic E-state index is 13.5. The van der Waals surface area contributed by atoms with Gasteiger partial charge in [0.2, 0.25) is 0 Å². The number of nitrogens with one attached hydrogen (secondary N) is 1. The Hall–Kier alpha value is -1.65. The Balaban J connectivity index is 1.91. The Kier molecular flexibility index (Phi) is 4.60. The molecule has 0 saturated carbocycles. The van der Waals surface area contributed by atoms with Crippen molar-refractivity contribution >= 4 is 11.6 Å². The monoisotopic (exact) mass is 320 g/mol. The van der Waals surface area contributed by atoms with E-state index >= 15 is 0 Å². The summed E-state index contributed by atoms with van der Waals surface area (Å²) in [5.74, 6) is 0.529. The van der Waals surface area contributed by atoms with Gasteiger partial charge in [0.05, 0.1) is 11.2 Å². The van der Waals surface area contributed by atoms with Crippen molar-refractivity contribution in [1.82, 2.24) is 10.3 Å². The van der Waals surface area contributed by atoms with Gasteiger partial charge in [-0.3, -0.25) is 4.98 Å². The molecule has 3 nitrogen and oxygen atoms in total. The van der Waals surface area contributed by atoms with Crippen molar-refractivity contribution in [3.8, 4) is 5.75 Å². The van der Waals surface area contributed by atoms with Crippen LogP contribution >= 0.6 is 11.6 Å². The smallest absolute Gasteiger partial charge is 0.141 e. The van der Waals surface area contributed by atoms with Gasteiger partial charge in [-0.25, -0.2) is 4.39 Å². The van der Waals surface area contributed by atoms with Crippen molar-refractivity contribution < 1.29 is 9.13 Å². The van der Waals surface area contributed by atoms with Crippen molar-refractivity contribution in [2.24, 2.45) is 5.92 Å². The molecule has 0 aliphatic carbocycles. The second kappa shape index (κ2) is 6.63. The summed E-state index contributed by atoms with van der Waals surface area (Å²) in [6.07, 6.45) is 3.57. The molecular weight excluding hydrogens is 303 g/mol. The fourth-order valence-corrected chi connectivity index (χ4v) is 3.07. The standard InChI is InChI=1S/C17H18ClFN2O/c1-11-2-3-16(15(18)6-11)22-17(12-4-5-20-8-12)13-7-14(19)10-21-9-13/h2-3,6-7,9-10,12,17,20H,4-5,8H2,1H3/t12-,17+/m0/s1. The molecule has 5 heteroatoms. The zero-order valence-electron chi connectivity index (χ0n) is 12.4. The lowest BCUT2D eigenvalue weighted by molar-refractivity contribution is 0.144. The lowest BCUT2D eigenvalue weighted by atomic mass is 9.96. The Morgan fingerprint density at radius 3 is 2.91 bits per heavy atom. The van der Waals surface area contributed by atoms with E-state index in [-0.39, 0.29) is 17.8 Å². The minimum Gasteiger partial charge on any atom is -0.484 e. The molecule has 1 aliphatic heterocycles. The van der Waals surface area contributed by atoms with Crippen molar-refractivity contribution in [3.63, 3.8) is 0 Å². The Bertz CT molecular complexity index is 659. The third-order valence-corrected chi connectivity index (χ3v) is 4.22. The minimum absolute atomic E-state index is 0.265. The molecule has 3 rings (SSSR count). The van der Waals surface area contributed by atoms with Crippen LogP contribution in [0.25, 0.3) is 0 Å². The topological polar surface area (TPSA) is 34.1 Å². The first-order chi connectivity index (χ1) is 10.6. The predicted octanol–water partition coefficient (Wildman–Crippen LogP) is 3.91. The quantitative estimate of drug-likeness (QED) is 0.927. The molecule has 22 heavy (non-hydrogen) atoms. The van der Waals surface area contributed by atoms with E-state index in [9.17, 15) is 4.39 Å². The molecule has 1 N–H and O–H groups in total. The van der Waals surface area contributed by atoms with Crippen LogP contribution in [0.4, 0.5) is 4.39 Å². The third kappa shape index (κ3) is 3.39. The van der Waals surface area contributed by atoms with Crippen molar-refractivity contribution in [2.75, 3.05) is 13.1 Å². The van der Waals surface area contributed by atoms with Gasteiger partial charge in [-0.15, -0.1) is 0 Å². The predicted molar refractivity (Wildman–Crippen MR) is 84.7 cm³/mol. The molecule has 1 saturated heterocycles. The summed E-state index contributed by atoms with van der Waals surface area (Å²) < 4.78 is 19.7. The van der Waals surface area contributed by atoms with Gasteiger partial charge in [-0.05, 0) is 43.7 Å². The summed E-state index contributed by atoms with van der Waals surface area (Å²) in [6, 6.07) is 7.16. The van der Waals surface area contributed by atoms with E-state index in [0.717, 1.165) is 30.6 Å². The number of pyridine rings is 1. The van der Waals surface area contributed by atoms with Gasteiger partial charge in [-0.1, -0.05) is 17.7 Å². The molecule has 0 spiro atoms. The molecule has 0 radical (unpaired) electrons. The van der Waals surface area contributed by atoms with E-state index in [4.69, 9.17) is 16.3 Å². The minimum atomic E-state index is -0.355. The Morgan fingerprint density at radius 1 is 1.36 bits per heavy atom. The largest absolute Gasteiger partial charge is 0.484 e. The van der Waals surface area contributed by atoms with Gasteiger partial charge < -0.3 is 10.1 Å². The second-order valence-electron chi connectivity index (χ2n) is 5.66. The molecule has 0 unspecified atom stereocenters. The summed E-state index contributed by atoms with van der Waals surface area (Å²) in [5, 5.41) is 3.89.